The minimum atomic E-state index is -0.425. The molecule has 0 aliphatic carbocycles. The van der Waals surface area contributed by atoms with Crippen LogP contribution < -0.4 is 5.73 Å². The monoisotopic (exact) mass is 290 g/mol. The average Bonchev–Trinajstić information content (AvgIpc) is 2.64. The van der Waals surface area contributed by atoms with Gasteiger partial charge < -0.3 is 20.1 Å². The van der Waals surface area contributed by atoms with E-state index in [1.165, 1.54) is 0 Å². The highest BCUT2D eigenvalue weighted by Crippen LogP contribution is 2.37. The second-order valence-corrected chi connectivity index (χ2v) is 6.28. The number of hydrogen-bond donors (Lipinski definition) is 2. The molecule has 114 valence electrons. The fourth-order valence-corrected chi connectivity index (χ4v) is 2.14. The fourth-order valence-electron chi connectivity index (χ4n) is 2.14. The molecule has 6 heteroatoms. The summed E-state index contributed by atoms with van der Waals surface area (Å²) < 4.78 is 11.8. The summed E-state index contributed by atoms with van der Waals surface area (Å²) in [7, 11) is -0.409. The van der Waals surface area contributed by atoms with Gasteiger partial charge >= 0.3 is 7.12 Å². The summed E-state index contributed by atoms with van der Waals surface area (Å²) in [4.78, 5) is 4.09. The highest BCUT2D eigenvalue weighted by atomic mass is 16.7. The van der Waals surface area contributed by atoms with Crippen LogP contribution >= 0.6 is 0 Å². The van der Waals surface area contributed by atoms with Crippen LogP contribution in [0.25, 0.3) is 6.08 Å². The van der Waals surface area contributed by atoms with Crippen molar-refractivity contribution >= 4 is 13.2 Å². The van der Waals surface area contributed by atoms with Gasteiger partial charge in [0.1, 0.15) is 0 Å². The van der Waals surface area contributed by atoms with Crippen LogP contribution in [0, 0.1) is 0 Å². The van der Waals surface area contributed by atoms with Crippen LogP contribution in [0.5, 0.6) is 0 Å². The molecule has 0 bridgehead atoms. The Hall–Kier alpha value is -1.21. The number of aromatic nitrogens is 1. The van der Waals surface area contributed by atoms with Gasteiger partial charge in [0.05, 0.1) is 23.9 Å². The molecule has 0 spiro atoms. The first-order valence-corrected chi connectivity index (χ1v) is 7.11. The molecule has 1 aromatic rings. The standard InChI is InChI=1S/C15H23BN2O3/c1-14(2)15(3,4)21-16(20-14)7-5-11-9-18-8-6-12(11)13(17)10-19/h5-9,13,19H,10,17H2,1-4H3/b7-5+/t13-/m0/s1. The number of aliphatic hydroxyl groups excluding tert-OH is 1. The maximum atomic E-state index is 9.21. The molecule has 5 nitrogen and oxygen atoms in total. The first kappa shape index (κ1) is 16.2. The van der Waals surface area contributed by atoms with Crippen molar-refractivity contribution in [1.82, 2.24) is 4.98 Å². The van der Waals surface area contributed by atoms with E-state index < -0.39 is 13.2 Å². The summed E-state index contributed by atoms with van der Waals surface area (Å²) in [6.07, 6.45) is 5.25. The Bertz CT molecular complexity index is 515. The lowest BCUT2D eigenvalue weighted by Crippen LogP contribution is -2.41. The number of pyridine rings is 1. The minimum Gasteiger partial charge on any atom is -0.400 e. The van der Waals surface area contributed by atoms with Gasteiger partial charge in [-0.05, 0) is 44.9 Å². The Kier molecular flexibility index (Phi) is 4.53. The Labute approximate surface area is 126 Å². The molecule has 0 radical (unpaired) electrons. The second-order valence-electron chi connectivity index (χ2n) is 6.28. The van der Waals surface area contributed by atoms with Gasteiger partial charge in [-0.2, -0.15) is 0 Å². The maximum absolute atomic E-state index is 9.21. The predicted octanol–water partition coefficient (Wildman–Crippen LogP) is 1.72. The molecule has 0 saturated carbocycles. The number of nitrogens with zero attached hydrogens (tertiary/aromatic N) is 1. The van der Waals surface area contributed by atoms with E-state index in [0.29, 0.717) is 0 Å². The van der Waals surface area contributed by atoms with Gasteiger partial charge in [-0.25, -0.2) is 0 Å². The molecular formula is C15H23BN2O3. The van der Waals surface area contributed by atoms with E-state index in [-0.39, 0.29) is 17.8 Å². The largest absolute Gasteiger partial charge is 0.487 e. The molecule has 1 saturated heterocycles. The van der Waals surface area contributed by atoms with Crippen LogP contribution in [0.4, 0.5) is 0 Å². The van der Waals surface area contributed by atoms with Gasteiger partial charge in [-0.15, -0.1) is 0 Å². The number of aliphatic hydroxyl groups is 1. The number of hydrogen-bond acceptors (Lipinski definition) is 5. The Morgan fingerprint density at radius 3 is 2.52 bits per heavy atom. The van der Waals surface area contributed by atoms with Crippen LogP contribution in [0.1, 0.15) is 44.9 Å². The van der Waals surface area contributed by atoms with E-state index in [2.05, 4.69) is 4.98 Å². The summed E-state index contributed by atoms with van der Waals surface area (Å²) in [6.45, 7) is 7.94. The highest BCUT2D eigenvalue weighted by molar-refractivity contribution is 6.52. The van der Waals surface area contributed by atoms with Crippen molar-refractivity contribution in [3.05, 3.63) is 35.6 Å². The molecule has 1 aliphatic rings. The molecule has 1 atom stereocenters. The van der Waals surface area contributed by atoms with E-state index in [1.807, 2.05) is 45.8 Å². The lowest BCUT2D eigenvalue weighted by molar-refractivity contribution is 0.00578. The summed E-state index contributed by atoms with van der Waals surface area (Å²) >= 11 is 0. The molecule has 1 aromatic heterocycles. The highest BCUT2D eigenvalue weighted by Gasteiger charge is 2.50. The minimum absolute atomic E-state index is 0.110. The maximum Gasteiger partial charge on any atom is 0.487 e. The van der Waals surface area contributed by atoms with Gasteiger partial charge in [0.25, 0.3) is 0 Å². The molecule has 1 fully saturated rings. The predicted molar refractivity (Wildman–Crippen MR) is 83.4 cm³/mol. The normalized spacial score (nSPS) is 21.9. The number of rotatable bonds is 4. The molecule has 0 amide bonds. The van der Waals surface area contributed by atoms with Gasteiger partial charge in [0, 0.05) is 12.4 Å². The summed E-state index contributed by atoms with van der Waals surface area (Å²) in [5.74, 6) is 1.85. The quantitative estimate of drug-likeness (QED) is 0.826. The zero-order valence-electron chi connectivity index (χ0n) is 13.0. The zero-order chi connectivity index (χ0) is 15.7. The second kappa shape index (κ2) is 5.89. The molecule has 2 heterocycles. The molecule has 1 aliphatic heterocycles. The molecule has 21 heavy (non-hydrogen) atoms. The third-order valence-corrected chi connectivity index (χ3v) is 4.19. The number of nitrogens with two attached hydrogens (primary N) is 1. The van der Waals surface area contributed by atoms with Gasteiger partial charge in [0.15, 0.2) is 0 Å². The van der Waals surface area contributed by atoms with Crippen molar-refractivity contribution in [3.63, 3.8) is 0 Å². The first-order chi connectivity index (χ1) is 9.77. The van der Waals surface area contributed by atoms with Crippen LogP contribution in [-0.2, 0) is 9.31 Å². The van der Waals surface area contributed by atoms with Crippen molar-refractivity contribution in [3.8, 4) is 0 Å². The summed E-state index contributed by atoms with van der Waals surface area (Å²) in [6, 6.07) is 1.39. The van der Waals surface area contributed by atoms with Crippen molar-refractivity contribution in [2.45, 2.75) is 44.9 Å². The van der Waals surface area contributed by atoms with Crippen LogP contribution in [-0.4, -0.2) is 35.0 Å². The van der Waals surface area contributed by atoms with Crippen LogP contribution in [0.2, 0.25) is 0 Å². The topological polar surface area (TPSA) is 77.6 Å². The Morgan fingerprint density at radius 1 is 1.33 bits per heavy atom. The summed E-state index contributed by atoms with van der Waals surface area (Å²) in [5, 5.41) is 9.21. The van der Waals surface area contributed by atoms with E-state index >= 15 is 0 Å². The van der Waals surface area contributed by atoms with Crippen molar-refractivity contribution in [2.75, 3.05) is 6.61 Å². The van der Waals surface area contributed by atoms with E-state index in [4.69, 9.17) is 15.0 Å². The lowest BCUT2D eigenvalue weighted by atomic mass is 9.88. The molecular weight excluding hydrogens is 267 g/mol. The van der Waals surface area contributed by atoms with E-state index in [9.17, 15) is 5.11 Å². The molecule has 0 aromatic carbocycles. The Balaban J connectivity index is 2.17. The van der Waals surface area contributed by atoms with Crippen molar-refractivity contribution < 1.29 is 14.4 Å². The molecule has 0 unspecified atom stereocenters. The van der Waals surface area contributed by atoms with Crippen LogP contribution in [0.15, 0.2) is 24.4 Å². The fraction of sp³-hybridized carbons (Fsp3) is 0.533. The van der Waals surface area contributed by atoms with E-state index in [0.717, 1.165) is 11.1 Å². The third kappa shape index (κ3) is 3.35. The molecule has 3 N–H and O–H groups in total. The Morgan fingerprint density at radius 2 is 1.95 bits per heavy atom. The van der Waals surface area contributed by atoms with Crippen molar-refractivity contribution in [2.24, 2.45) is 5.73 Å². The van der Waals surface area contributed by atoms with Gasteiger partial charge in [-0.1, -0.05) is 12.1 Å². The summed E-state index contributed by atoms with van der Waals surface area (Å²) in [5.41, 5.74) is 6.87. The zero-order valence-corrected chi connectivity index (χ0v) is 13.0. The van der Waals surface area contributed by atoms with Gasteiger partial charge in [-0.3, -0.25) is 4.98 Å². The van der Waals surface area contributed by atoms with Crippen LogP contribution in [0.3, 0.4) is 0 Å². The SMILES string of the molecule is CC1(C)OB(/C=C/c2cnccc2[C@@H](N)CO)OC1(C)C. The van der Waals surface area contributed by atoms with Gasteiger partial charge in [0.2, 0.25) is 0 Å². The first-order valence-electron chi connectivity index (χ1n) is 7.11. The van der Waals surface area contributed by atoms with Crippen molar-refractivity contribution in [1.29, 1.82) is 0 Å². The smallest absolute Gasteiger partial charge is 0.400 e. The lowest BCUT2D eigenvalue weighted by Gasteiger charge is -2.32. The van der Waals surface area contributed by atoms with E-state index in [1.54, 1.807) is 12.4 Å². The molecule has 2 rings (SSSR count). The average molecular weight is 290 g/mol. The third-order valence-electron chi connectivity index (χ3n) is 4.19.